The lowest BCUT2D eigenvalue weighted by atomic mass is 9.93. The van der Waals surface area contributed by atoms with Gasteiger partial charge in [-0.1, -0.05) is 30.3 Å². The van der Waals surface area contributed by atoms with Gasteiger partial charge in [0.25, 0.3) is 0 Å². The van der Waals surface area contributed by atoms with Gasteiger partial charge in [0, 0.05) is 19.0 Å². The third-order valence-corrected chi connectivity index (χ3v) is 4.10. The second kappa shape index (κ2) is 6.69. The Balaban J connectivity index is 2.11. The van der Waals surface area contributed by atoms with Crippen molar-refractivity contribution in [2.24, 2.45) is 0 Å². The molecule has 1 heterocycles. The van der Waals surface area contributed by atoms with Crippen LogP contribution < -0.4 is 0 Å². The molecule has 1 fully saturated rings. The summed E-state index contributed by atoms with van der Waals surface area (Å²) in [4.78, 5) is 26.0. The van der Waals surface area contributed by atoms with Crippen LogP contribution in [0.5, 0.6) is 0 Å². The molecule has 0 saturated carbocycles. The van der Waals surface area contributed by atoms with Gasteiger partial charge in [-0.15, -0.1) is 0 Å². The zero-order chi connectivity index (χ0) is 14.5. The van der Waals surface area contributed by atoms with Crippen LogP contribution in [0.1, 0.15) is 51.0 Å². The van der Waals surface area contributed by atoms with Gasteiger partial charge in [-0.25, -0.2) is 0 Å². The summed E-state index contributed by atoms with van der Waals surface area (Å²) < 4.78 is 0. The maximum atomic E-state index is 12.7. The molecule has 3 heteroatoms. The predicted molar refractivity (Wildman–Crippen MR) is 79.5 cm³/mol. The molecular formula is C17H23NO2. The molecule has 20 heavy (non-hydrogen) atoms. The van der Waals surface area contributed by atoms with E-state index >= 15 is 0 Å². The normalized spacial score (nSPS) is 20.5. The summed E-state index contributed by atoms with van der Waals surface area (Å²) in [7, 11) is 0. The molecule has 2 unspecified atom stereocenters. The first-order valence-electron chi connectivity index (χ1n) is 7.44. The van der Waals surface area contributed by atoms with Crippen LogP contribution in [0.3, 0.4) is 0 Å². The van der Waals surface area contributed by atoms with Crippen molar-refractivity contribution in [1.82, 2.24) is 4.90 Å². The third kappa shape index (κ3) is 3.47. The molecule has 3 nitrogen and oxygen atoms in total. The number of rotatable bonds is 4. The van der Waals surface area contributed by atoms with Crippen molar-refractivity contribution in [2.45, 2.75) is 51.5 Å². The summed E-state index contributed by atoms with van der Waals surface area (Å²) in [5.41, 5.74) is 1.05. The van der Waals surface area contributed by atoms with Gasteiger partial charge in [0.05, 0.1) is 5.92 Å². The predicted octanol–water partition coefficient (Wildman–Crippen LogP) is 3.15. The van der Waals surface area contributed by atoms with Gasteiger partial charge in [-0.3, -0.25) is 9.59 Å². The number of hydrogen-bond donors (Lipinski definition) is 0. The molecule has 0 radical (unpaired) electrons. The van der Waals surface area contributed by atoms with E-state index in [1.54, 1.807) is 6.92 Å². The number of likely N-dealkylation sites (tertiary alicyclic amines) is 1. The van der Waals surface area contributed by atoms with Gasteiger partial charge < -0.3 is 4.90 Å². The van der Waals surface area contributed by atoms with Crippen LogP contribution in [-0.4, -0.2) is 29.2 Å². The number of amides is 1. The second-order valence-corrected chi connectivity index (χ2v) is 5.72. The fourth-order valence-electron chi connectivity index (χ4n) is 2.97. The molecule has 1 aliphatic heterocycles. The Morgan fingerprint density at radius 1 is 1.25 bits per heavy atom. The van der Waals surface area contributed by atoms with E-state index < -0.39 is 0 Å². The number of hydrogen-bond acceptors (Lipinski definition) is 2. The molecular weight excluding hydrogens is 250 g/mol. The van der Waals surface area contributed by atoms with Gasteiger partial charge in [0.15, 0.2) is 0 Å². The molecule has 0 aliphatic carbocycles. The van der Waals surface area contributed by atoms with Crippen LogP contribution in [0.15, 0.2) is 30.3 Å². The Labute approximate surface area is 121 Å². The molecule has 108 valence electrons. The standard InChI is InChI=1S/C17H23NO2/c1-13(19)12-16-10-6-7-11-18(16)17(20)14(2)15-8-4-3-5-9-15/h3-5,8-9,14,16H,6-7,10-12H2,1-2H3. The maximum Gasteiger partial charge on any atom is 0.230 e. The minimum Gasteiger partial charge on any atom is -0.339 e. The Morgan fingerprint density at radius 2 is 1.95 bits per heavy atom. The van der Waals surface area contributed by atoms with E-state index in [4.69, 9.17) is 0 Å². The van der Waals surface area contributed by atoms with Crippen LogP contribution in [0, 0.1) is 0 Å². The van der Waals surface area contributed by atoms with E-state index in [-0.39, 0.29) is 23.7 Å². The Morgan fingerprint density at radius 3 is 2.60 bits per heavy atom. The van der Waals surface area contributed by atoms with Crippen LogP contribution in [0.4, 0.5) is 0 Å². The average molecular weight is 273 g/mol. The van der Waals surface area contributed by atoms with E-state index in [0.717, 1.165) is 31.4 Å². The summed E-state index contributed by atoms with van der Waals surface area (Å²) in [6, 6.07) is 9.96. The quantitative estimate of drug-likeness (QED) is 0.845. The van der Waals surface area contributed by atoms with Crippen LogP contribution in [0.25, 0.3) is 0 Å². The summed E-state index contributed by atoms with van der Waals surface area (Å²) in [5, 5.41) is 0. The smallest absolute Gasteiger partial charge is 0.230 e. The number of benzene rings is 1. The van der Waals surface area contributed by atoms with Crippen molar-refractivity contribution in [1.29, 1.82) is 0 Å². The average Bonchev–Trinajstić information content (AvgIpc) is 2.46. The van der Waals surface area contributed by atoms with E-state index in [1.165, 1.54) is 0 Å². The van der Waals surface area contributed by atoms with Crippen LogP contribution in [-0.2, 0) is 9.59 Å². The first-order valence-corrected chi connectivity index (χ1v) is 7.44. The maximum absolute atomic E-state index is 12.7. The molecule has 2 rings (SSSR count). The molecule has 1 aromatic carbocycles. The summed E-state index contributed by atoms with van der Waals surface area (Å²) >= 11 is 0. The van der Waals surface area contributed by atoms with Crippen molar-refractivity contribution >= 4 is 11.7 Å². The van der Waals surface area contributed by atoms with Crippen molar-refractivity contribution in [3.05, 3.63) is 35.9 Å². The highest BCUT2D eigenvalue weighted by atomic mass is 16.2. The van der Waals surface area contributed by atoms with Gasteiger partial charge >= 0.3 is 0 Å². The topological polar surface area (TPSA) is 37.4 Å². The van der Waals surface area contributed by atoms with E-state index in [0.29, 0.717) is 6.42 Å². The minimum absolute atomic E-state index is 0.0971. The SMILES string of the molecule is CC(=O)CC1CCCCN1C(=O)C(C)c1ccccc1. The molecule has 0 spiro atoms. The monoisotopic (exact) mass is 273 g/mol. The molecule has 1 aliphatic rings. The molecule has 1 saturated heterocycles. The Hall–Kier alpha value is -1.64. The fourth-order valence-corrected chi connectivity index (χ4v) is 2.97. The van der Waals surface area contributed by atoms with Crippen molar-refractivity contribution in [3.8, 4) is 0 Å². The third-order valence-electron chi connectivity index (χ3n) is 4.10. The largest absolute Gasteiger partial charge is 0.339 e. The van der Waals surface area contributed by atoms with Gasteiger partial charge in [-0.2, -0.15) is 0 Å². The Kier molecular flexibility index (Phi) is 4.94. The number of Topliss-reactive ketones (excluding diaryl/α,β-unsaturated/α-hetero) is 1. The van der Waals surface area contributed by atoms with Crippen LogP contribution in [0.2, 0.25) is 0 Å². The number of ketones is 1. The molecule has 2 atom stereocenters. The molecule has 0 aromatic heterocycles. The molecule has 1 aromatic rings. The first-order chi connectivity index (χ1) is 9.59. The van der Waals surface area contributed by atoms with E-state index in [1.807, 2.05) is 42.2 Å². The number of carbonyl (C=O) groups excluding carboxylic acids is 2. The zero-order valence-corrected chi connectivity index (χ0v) is 12.3. The highest BCUT2D eigenvalue weighted by molar-refractivity contribution is 5.84. The zero-order valence-electron chi connectivity index (χ0n) is 12.3. The fraction of sp³-hybridized carbons (Fsp3) is 0.529. The lowest BCUT2D eigenvalue weighted by Crippen LogP contribution is -2.46. The van der Waals surface area contributed by atoms with Crippen molar-refractivity contribution in [2.75, 3.05) is 6.54 Å². The highest BCUT2D eigenvalue weighted by Crippen LogP contribution is 2.25. The summed E-state index contributed by atoms with van der Waals surface area (Å²) in [6.45, 7) is 4.35. The first kappa shape index (κ1) is 14.8. The summed E-state index contributed by atoms with van der Waals surface area (Å²) in [5.74, 6) is 0.188. The molecule has 1 amide bonds. The van der Waals surface area contributed by atoms with E-state index in [2.05, 4.69) is 0 Å². The van der Waals surface area contributed by atoms with Gasteiger partial charge in [0.1, 0.15) is 5.78 Å². The van der Waals surface area contributed by atoms with Crippen LogP contribution >= 0.6 is 0 Å². The minimum atomic E-state index is -0.135. The number of nitrogens with zero attached hydrogens (tertiary/aromatic N) is 1. The second-order valence-electron chi connectivity index (χ2n) is 5.72. The van der Waals surface area contributed by atoms with Crippen molar-refractivity contribution < 1.29 is 9.59 Å². The van der Waals surface area contributed by atoms with E-state index in [9.17, 15) is 9.59 Å². The Bertz CT molecular complexity index is 469. The molecule has 0 N–H and O–H groups in total. The lowest BCUT2D eigenvalue weighted by molar-refractivity contribution is -0.137. The van der Waals surface area contributed by atoms with Gasteiger partial charge in [-0.05, 0) is 38.7 Å². The summed E-state index contributed by atoms with van der Waals surface area (Å²) in [6.07, 6.45) is 3.60. The number of carbonyl (C=O) groups is 2. The van der Waals surface area contributed by atoms with Crippen molar-refractivity contribution in [3.63, 3.8) is 0 Å². The molecule has 0 bridgehead atoms. The highest BCUT2D eigenvalue weighted by Gasteiger charge is 2.30. The van der Waals surface area contributed by atoms with Gasteiger partial charge in [0.2, 0.25) is 5.91 Å². The lowest BCUT2D eigenvalue weighted by Gasteiger charge is -2.37. The number of piperidine rings is 1.